The third-order valence-corrected chi connectivity index (χ3v) is 1.85. The number of nitrogens with one attached hydrogen (secondary N) is 1. The summed E-state index contributed by atoms with van der Waals surface area (Å²) in [5, 5.41) is 2.58. The first-order chi connectivity index (χ1) is 7.11. The standard InChI is InChI=1S/C11H19NO3/c1-4-6-7-8-10(12-9(3)13)11(14)15-5-2/h4,10H,1,5-8H2,2-3H3,(H,12,13). The van der Waals surface area contributed by atoms with Crippen molar-refractivity contribution in [1.29, 1.82) is 0 Å². The maximum atomic E-state index is 11.4. The molecule has 0 rings (SSSR count). The topological polar surface area (TPSA) is 55.4 Å². The van der Waals surface area contributed by atoms with Crippen molar-refractivity contribution in [1.82, 2.24) is 5.32 Å². The number of allylic oxidation sites excluding steroid dienone is 1. The van der Waals surface area contributed by atoms with Gasteiger partial charge in [0.25, 0.3) is 0 Å². The Morgan fingerprint density at radius 3 is 2.67 bits per heavy atom. The van der Waals surface area contributed by atoms with E-state index in [4.69, 9.17) is 4.74 Å². The van der Waals surface area contributed by atoms with E-state index in [1.807, 2.05) is 0 Å². The van der Waals surface area contributed by atoms with Gasteiger partial charge in [0.05, 0.1) is 6.61 Å². The number of hydrogen-bond acceptors (Lipinski definition) is 3. The summed E-state index contributed by atoms with van der Waals surface area (Å²) in [6.07, 6.45) is 4.02. The lowest BCUT2D eigenvalue weighted by molar-refractivity contribution is -0.147. The Morgan fingerprint density at radius 2 is 2.20 bits per heavy atom. The molecule has 0 aliphatic carbocycles. The van der Waals surface area contributed by atoms with Crippen LogP contribution in [0.25, 0.3) is 0 Å². The van der Waals surface area contributed by atoms with Crippen LogP contribution in [0.4, 0.5) is 0 Å². The van der Waals surface area contributed by atoms with Gasteiger partial charge in [0.2, 0.25) is 5.91 Å². The third-order valence-electron chi connectivity index (χ3n) is 1.85. The van der Waals surface area contributed by atoms with E-state index in [9.17, 15) is 9.59 Å². The first-order valence-electron chi connectivity index (χ1n) is 5.16. The predicted molar refractivity (Wildman–Crippen MR) is 58.3 cm³/mol. The van der Waals surface area contributed by atoms with Crippen molar-refractivity contribution >= 4 is 11.9 Å². The Labute approximate surface area is 90.7 Å². The molecule has 1 unspecified atom stereocenters. The van der Waals surface area contributed by atoms with E-state index in [1.165, 1.54) is 6.92 Å². The summed E-state index contributed by atoms with van der Waals surface area (Å²) in [7, 11) is 0. The van der Waals surface area contributed by atoms with Gasteiger partial charge in [0.15, 0.2) is 0 Å². The van der Waals surface area contributed by atoms with Crippen molar-refractivity contribution in [3.05, 3.63) is 12.7 Å². The van der Waals surface area contributed by atoms with Crippen LogP contribution < -0.4 is 5.32 Å². The molecular weight excluding hydrogens is 194 g/mol. The van der Waals surface area contributed by atoms with Crippen LogP contribution in [0.3, 0.4) is 0 Å². The van der Waals surface area contributed by atoms with Gasteiger partial charge in [-0.15, -0.1) is 6.58 Å². The molecule has 0 aromatic rings. The molecule has 1 amide bonds. The van der Waals surface area contributed by atoms with Crippen LogP contribution in [-0.4, -0.2) is 24.5 Å². The maximum absolute atomic E-state index is 11.4. The molecule has 0 bridgehead atoms. The molecule has 0 aromatic carbocycles. The van der Waals surface area contributed by atoms with Crippen LogP contribution in [0.5, 0.6) is 0 Å². The molecule has 0 radical (unpaired) electrons. The number of rotatable bonds is 7. The quantitative estimate of drug-likeness (QED) is 0.395. The van der Waals surface area contributed by atoms with Gasteiger partial charge in [-0.1, -0.05) is 6.08 Å². The number of hydrogen-bond donors (Lipinski definition) is 1. The summed E-state index contributed by atoms with van der Waals surface area (Å²) in [5.74, 6) is -0.580. The van der Waals surface area contributed by atoms with Crippen LogP contribution in [0.1, 0.15) is 33.1 Å². The number of carbonyl (C=O) groups is 2. The van der Waals surface area contributed by atoms with Gasteiger partial charge in [-0.3, -0.25) is 4.79 Å². The van der Waals surface area contributed by atoms with Gasteiger partial charge < -0.3 is 10.1 Å². The minimum atomic E-state index is -0.526. The summed E-state index contributed by atoms with van der Waals surface area (Å²) in [4.78, 5) is 22.3. The molecule has 0 aliphatic heterocycles. The van der Waals surface area contributed by atoms with Crippen LogP contribution in [-0.2, 0) is 14.3 Å². The average Bonchev–Trinajstić information content (AvgIpc) is 2.16. The molecule has 4 heteroatoms. The van der Waals surface area contributed by atoms with Crippen LogP contribution in [0, 0.1) is 0 Å². The van der Waals surface area contributed by atoms with Crippen LogP contribution in [0.2, 0.25) is 0 Å². The van der Waals surface area contributed by atoms with Gasteiger partial charge in [0, 0.05) is 6.92 Å². The predicted octanol–water partition coefficient (Wildman–Crippen LogP) is 1.41. The van der Waals surface area contributed by atoms with E-state index in [2.05, 4.69) is 11.9 Å². The highest BCUT2D eigenvalue weighted by atomic mass is 16.5. The zero-order valence-electron chi connectivity index (χ0n) is 9.41. The van der Waals surface area contributed by atoms with Gasteiger partial charge in [0.1, 0.15) is 6.04 Å². The smallest absolute Gasteiger partial charge is 0.328 e. The highest BCUT2D eigenvalue weighted by Crippen LogP contribution is 2.03. The second-order valence-corrected chi connectivity index (χ2v) is 3.22. The highest BCUT2D eigenvalue weighted by Gasteiger charge is 2.19. The fourth-order valence-electron chi connectivity index (χ4n) is 1.20. The second-order valence-electron chi connectivity index (χ2n) is 3.22. The Kier molecular flexibility index (Phi) is 7.32. The summed E-state index contributed by atoms with van der Waals surface area (Å²) < 4.78 is 4.86. The molecule has 0 heterocycles. The van der Waals surface area contributed by atoms with Crippen molar-refractivity contribution in [2.75, 3.05) is 6.61 Å². The second kappa shape index (κ2) is 8.03. The molecule has 1 N–H and O–H groups in total. The number of unbranched alkanes of at least 4 members (excludes halogenated alkanes) is 1. The van der Waals surface area contributed by atoms with Crippen LogP contribution in [0.15, 0.2) is 12.7 Å². The number of ether oxygens (including phenoxy) is 1. The van der Waals surface area contributed by atoms with E-state index in [-0.39, 0.29) is 11.9 Å². The normalized spacial score (nSPS) is 11.6. The highest BCUT2D eigenvalue weighted by molar-refractivity contribution is 5.83. The number of amides is 1. The Balaban J connectivity index is 4.10. The monoisotopic (exact) mass is 213 g/mol. The van der Waals surface area contributed by atoms with Crippen molar-refractivity contribution in [2.24, 2.45) is 0 Å². The molecule has 0 aliphatic rings. The molecular formula is C11H19NO3. The van der Waals surface area contributed by atoms with E-state index >= 15 is 0 Å². The lowest BCUT2D eigenvalue weighted by atomic mass is 10.1. The van der Waals surface area contributed by atoms with E-state index in [0.29, 0.717) is 13.0 Å². The van der Waals surface area contributed by atoms with E-state index in [0.717, 1.165) is 12.8 Å². The van der Waals surface area contributed by atoms with Crippen molar-refractivity contribution in [2.45, 2.75) is 39.2 Å². The molecule has 1 atom stereocenters. The molecule has 0 saturated heterocycles. The summed E-state index contributed by atoms with van der Waals surface area (Å²) >= 11 is 0. The third kappa shape index (κ3) is 6.71. The van der Waals surface area contributed by atoms with E-state index < -0.39 is 6.04 Å². The van der Waals surface area contributed by atoms with Crippen molar-refractivity contribution in [3.8, 4) is 0 Å². The molecule has 86 valence electrons. The first kappa shape index (κ1) is 13.7. The molecule has 0 spiro atoms. The average molecular weight is 213 g/mol. The lowest BCUT2D eigenvalue weighted by Gasteiger charge is -2.15. The zero-order chi connectivity index (χ0) is 11.7. The Hall–Kier alpha value is -1.32. The Bertz CT molecular complexity index is 226. The molecule has 15 heavy (non-hydrogen) atoms. The molecule has 0 fully saturated rings. The molecule has 0 aromatic heterocycles. The van der Waals surface area contributed by atoms with Crippen molar-refractivity contribution < 1.29 is 14.3 Å². The minimum Gasteiger partial charge on any atom is -0.464 e. The zero-order valence-corrected chi connectivity index (χ0v) is 9.41. The minimum absolute atomic E-state index is 0.216. The molecule has 0 saturated carbocycles. The van der Waals surface area contributed by atoms with Gasteiger partial charge in [-0.25, -0.2) is 4.79 Å². The maximum Gasteiger partial charge on any atom is 0.328 e. The largest absolute Gasteiger partial charge is 0.464 e. The first-order valence-corrected chi connectivity index (χ1v) is 5.16. The summed E-state index contributed by atoms with van der Waals surface area (Å²) in [6, 6.07) is -0.526. The summed E-state index contributed by atoms with van der Waals surface area (Å²) in [5.41, 5.74) is 0. The Morgan fingerprint density at radius 1 is 1.53 bits per heavy atom. The van der Waals surface area contributed by atoms with Crippen LogP contribution >= 0.6 is 0 Å². The van der Waals surface area contributed by atoms with Gasteiger partial charge in [-0.2, -0.15) is 0 Å². The fourth-order valence-corrected chi connectivity index (χ4v) is 1.20. The lowest BCUT2D eigenvalue weighted by Crippen LogP contribution is -2.40. The van der Waals surface area contributed by atoms with Gasteiger partial charge in [-0.05, 0) is 26.2 Å². The number of carbonyl (C=O) groups excluding carboxylic acids is 2. The van der Waals surface area contributed by atoms with Gasteiger partial charge >= 0.3 is 5.97 Å². The fraction of sp³-hybridized carbons (Fsp3) is 0.636. The van der Waals surface area contributed by atoms with Crippen molar-refractivity contribution in [3.63, 3.8) is 0 Å². The molecule has 4 nitrogen and oxygen atoms in total. The van der Waals surface area contributed by atoms with E-state index in [1.54, 1.807) is 13.0 Å². The summed E-state index contributed by atoms with van der Waals surface area (Å²) in [6.45, 7) is 7.06. The number of esters is 1. The SMILES string of the molecule is C=CCCCC(NC(C)=O)C(=O)OCC.